The molecular weight excluding hydrogens is 624 g/mol. The Balaban J connectivity index is 1.44. The van der Waals surface area contributed by atoms with Gasteiger partial charge in [-0.2, -0.15) is 0 Å². The van der Waals surface area contributed by atoms with Gasteiger partial charge in [0.05, 0.1) is 26.4 Å². The Morgan fingerprint density at radius 1 is 0.378 bits per heavy atom. The van der Waals surface area contributed by atoms with Crippen LogP contribution in [-0.4, -0.2) is 221 Å². The molecule has 0 amide bonds. The van der Waals surface area contributed by atoms with E-state index in [-0.39, 0.29) is 0 Å². The first-order chi connectivity index (χ1) is 21.2. The zero-order chi connectivity index (χ0) is 33.3. The Morgan fingerprint density at radius 2 is 0.844 bits per heavy atom. The minimum atomic E-state index is -1.95. The largest absolute Gasteiger partial charge is 0.394 e. The number of ether oxygens (including phenoxy) is 7. The molecule has 4 rings (SSSR count). The van der Waals surface area contributed by atoms with E-state index < -0.39 is 149 Å². The maximum Gasteiger partial charge on any atom is 0.187 e. The second-order valence-electron chi connectivity index (χ2n) is 11.2. The summed E-state index contributed by atoms with van der Waals surface area (Å²) in [5, 5.41) is 142. The normalized spacial score (nSPS) is 52.9. The molecule has 0 aliphatic carbocycles. The van der Waals surface area contributed by atoms with Crippen molar-refractivity contribution in [3.05, 3.63) is 0 Å². The van der Waals surface area contributed by atoms with Gasteiger partial charge in [0.1, 0.15) is 97.7 Å². The minimum absolute atomic E-state index is 0.734. The van der Waals surface area contributed by atoms with Gasteiger partial charge >= 0.3 is 0 Å². The van der Waals surface area contributed by atoms with Gasteiger partial charge in [-0.25, -0.2) is 0 Å². The molecule has 0 radical (unpaired) electrons. The average Bonchev–Trinajstić information content (AvgIpc) is 3.03. The SMILES string of the molecule is OC[C@H]1O[C@@H](O[C@H]2[C@@H](O)[C@@H](CO)O[C@@H](OC[C@H]3O[C@H](O[C@H]4[C@H](O)[C@@H](O)[C@@H](O)O[C@@H]4CO)[C@H](O)[C@@H](O)[C@H]3O)[C@@H]2O)[C@H](O)[C@@H](O)[C@H]1O. The van der Waals surface area contributed by atoms with Gasteiger partial charge < -0.3 is 105 Å². The number of aliphatic hydroxyl groups excluding tert-OH is 14. The number of rotatable bonds is 10. The van der Waals surface area contributed by atoms with Crippen LogP contribution < -0.4 is 0 Å². The first-order valence-electron chi connectivity index (χ1n) is 14.1. The zero-order valence-corrected chi connectivity index (χ0v) is 23.5. The fourth-order valence-electron chi connectivity index (χ4n) is 5.43. The van der Waals surface area contributed by atoms with Crippen LogP contribution in [0.5, 0.6) is 0 Å². The van der Waals surface area contributed by atoms with E-state index in [9.17, 15) is 71.5 Å². The topological polar surface area (TPSA) is 348 Å². The summed E-state index contributed by atoms with van der Waals surface area (Å²) < 4.78 is 37.6. The molecule has 0 aromatic heterocycles. The van der Waals surface area contributed by atoms with Gasteiger partial charge in [-0.15, -0.1) is 0 Å². The van der Waals surface area contributed by atoms with Gasteiger partial charge in [0.2, 0.25) is 0 Å². The summed E-state index contributed by atoms with van der Waals surface area (Å²) in [6.45, 7) is -3.18. The Bertz CT molecular complexity index is 914. The highest BCUT2D eigenvalue weighted by Crippen LogP contribution is 2.32. The molecule has 0 aromatic carbocycles. The van der Waals surface area contributed by atoms with E-state index >= 15 is 0 Å². The molecule has 0 unspecified atom stereocenters. The fourth-order valence-corrected chi connectivity index (χ4v) is 5.43. The molecule has 0 spiro atoms. The number of hydrogen-bond acceptors (Lipinski definition) is 21. The molecule has 264 valence electrons. The molecule has 0 bridgehead atoms. The molecule has 21 nitrogen and oxygen atoms in total. The molecule has 0 saturated carbocycles. The predicted octanol–water partition coefficient (Wildman–Crippen LogP) is -9.75. The van der Waals surface area contributed by atoms with E-state index in [1.165, 1.54) is 0 Å². The summed E-state index contributed by atoms with van der Waals surface area (Å²) in [6.07, 6.45) is -35.1. The first kappa shape index (κ1) is 37.0. The smallest absolute Gasteiger partial charge is 0.187 e. The Kier molecular flexibility index (Phi) is 12.8. The lowest BCUT2D eigenvalue weighted by Gasteiger charge is -2.47. The Hall–Kier alpha value is -0.840. The van der Waals surface area contributed by atoms with E-state index in [2.05, 4.69) is 0 Å². The maximum atomic E-state index is 10.9. The molecule has 4 saturated heterocycles. The summed E-state index contributed by atoms with van der Waals surface area (Å²) in [6, 6.07) is 0. The van der Waals surface area contributed by atoms with Crippen molar-refractivity contribution in [2.75, 3.05) is 26.4 Å². The average molecular weight is 667 g/mol. The van der Waals surface area contributed by atoms with E-state index in [4.69, 9.17) is 33.2 Å². The summed E-state index contributed by atoms with van der Waals surface area (Å²) in [5.74, 6) is 0. The van der Waals surface area contributed by atoms with E-state index in [1.54, 1.807) is 0 Å². The van der Waals surface area contributed by atoms with Gasteiger partial charge in [-0.3, -0.25) is 0 Å². The van der Waals surface area contributed by atoms with Crippen molar-refractivity contribution in [1.29, 1.82) is 0 Å². The molecule has 4 heterocycles. The lowest BCUT2D eigenvalue weighted by Crippen LogP contribution is -2.65. The second-order valence-corrected chi connectivity index (χ2v) is 11.2. The van der Waals surface area contributed by atoms with Gasteiger partial charge in [0, 0.05) is 0 Å². The highest BCUT2D eigenvalue weighted by molar-refractivity contribution is 4.96. The summed E-state index contributed by atoms with van der Waals surface area (Å²) in [5.41, 5.74) is 0. The van der Waals surface area contributed by atoms with Gasteiger partial charge in [0.15, 0.2) is 25.2 Å². The third kappa shape index (κ3) is 7.59. The molecule has 4 aliphatic rings. The minimum Gasteiger partial charge on any atom is -0.394 e. The molecule has 21 heteroatoms. The van der Waals surface area contributed by atoms with E-state index in [0.29, 0.717) is 0 Å². The monoisotopic (exact) mass is 666 g/mol. The molecular formula is C24H42O21. The van der Waals surface area contributed by atoms with Crippen LogP contribution in [0.1, 0.15) is 0 Å². The third-order valence-electron chi connectivity index (χ3n) is 8.19. The summed E-state index contributed by atoms with van der Waals surface area (Å²) >= 11 is 0. The van der Waals surface area contributed by atoms with Crippen LogP contribution in [0, 0.1) is 0 Å². The van der Waals surface area contributed by atoms with Crippen molar-refractivity contribution >= 4 is 0 Å². The molecule has 4 aliphatic heterocycles. The fraction of sp³-hybridized carbons (Fsp3) is 1.00. The van der Waals surface area contributed by atoms with Crippen LogP contribution in [0.4, 0.5) is 0 Å². The summed E-state index contributed by atoms with van der Waals surface area (Å²) in [7, 11) is 0. The van der Waals surface area contributed by atoms with Crippen LogP contribution in [0.25, 0.3) is 0 Å². The summed E-state index contributed by atoms with van der Waals surface area (Å²) in [4.78, 5) is 0. The van der Waals surface area contributed by atoms with Crippen molar-refractivity contribution in [2.24, 2.45) is 0 Å². The highest BCUT2D eigenvalue weighted by Gasteiger charge is 2.53. The predicted molar refractivity (Wildman–Crippen MR) is 134 cm³/mol. The van der Waals surface area contributed by atoms with Crippen LogP contribution in [-0.2, 0) is 33.2 Å². The molecule has 14 N–H and O–H groups in total. The first-order valence-corrected chi connectivity index (χ1v) is 14.1. The lowest BCUT2D eigenvalue weighted by atomic mass is 9.96. The standard InChI is InChI=1S/C24H42O21/c25-1-5-9(28)12(31)16(35)23(42-5)45-20-11(30)6(2-26)41-22(18(20)37)39-4-8-10(29)13(32)17(36)24(43-8)44-19-7(3-27)40-21(38)15(34)14(19)33/h5-38H,1-4H2/t5-,6-,7-,8-,9+,10+,11+,12+,13+,14-,15-,16-,17-,18-,19-,20+,21+,22-,23+,24-/m1/s1. The van der Waals surface area contributed by atoms with Crippen molar-refractivity contribution in [2.45, 2.75) is 123 Å². The quantitative estimate of drug-likeness (QED) is 0.103. The van der Waals surface area contributed by atoms with E-state index in [1.807, 2.05) is 0 Å². The third-order valence-corrected chi connectivity index (χ3v) is 8.19. The van der Waals surface area contributed by atoms with Crippen LogP contribution in [0.2, 0.25) is 0 Å². The van der Waals surface area contributed by atoms with Crippen molar-refractivity contribution in [3.8, 4) is 0 Å². The van der Waals surface area contributed by atoms with Crippen LogP contribution in [0.3, 0.4) is 0 Å². The van der Waals surface area contributed by atoms with Crippen molar-refractivity contribution in [3.63, 3.8) is 0 Å². The van der Waals surface area contributed by atoms with Crippen molar-refractivity contribution < 1.29 is 105 Å². The lowest BCUT2D eigenvalue weighted by molar-refractivity contribution is -0.372. The molecule has 4 fully saturated rings. The van der Waals surface area contributed by atoms with E-state index in [0.717, 1.165) is 0 Å². The number of aliphatic hydroxyl groups is 14. The maximum absolute atomic E-state index is 10.9. The van der Waals surface area contributed by atoms with Gasteiger partial charge in [-0.1, -0.05) is 0 Å². The molecule has 45 heavy (non-hydrogen) atoms. The Morgan fingerprint density at radius 3 is 1.40 bits per heavy atom. The Labute approximate surface area is 254 Å². The highest BCUT2D eigenvalue weighted by atomic mass is 16.8. The van der Waals surface area contributed by atoms with Crippen LogP contribution in [0.15, 0.2) is 0 Å². The van der Waals surface area contributed by atoms with Crippen molar-refractivity contribution in [1.82, 2.24) is 0 Å². The second kappa shape index (κ2) is 15.6. The zero-order valence-electron chi connectivity index (χ0n) is 23.5. The number of hydrogen-bond donors (Lipinski definition) is 14. The van der Waals surface area contributed by atoms with Crippen LogP contribution >= 0.6 is 0 Å². The van der Waals surface area contributed by atoms with Gasteiger partial charge in [-0.05, 0) is 0 Å². The molecule has 20 atom stereocenters. The molecule has 0 aromatic rings. The van der Waals surface area contributed by atoms with Gasteiger partial charge in [0.25, 0.3) is 0 Å².